The van der Waals surface area contributed by atoms with E-state index in [1.807, 2.05) is 0 Å². The van der Waals surface area contributed by atoms with Crippen LogP contribution < -0.4 is 5.32 Å². The number of benzene rings is 1. The Kier molecular flexibility index (Phi) is 3.99. The van der Waals surface area contributed by atoms with E-state index in [0.29, 0.717) is 11.4 Å². The van der Waals surface area contributed by atoms with Gasteiger partial charge >= 0.3 is 5.97 Å². The Morgan fingerprint density at radius 1 is 1.24 bits per heavy atom. The van der Waals surface area contributed by atoms with Crippen LogP contribution in [0.15, 0.2) is 24.5 Å². The summed E-state index contributed by atoms with van der Waals surface area (Å²) in [4.78, 5) is 19.5. The lowest BCUT2D eigenvalue weighted by atomic mass is 9.89. The van der Waals surface area contributed by atoms with Crippen molar-refractivity contribution in [2.45, 2.75) is 32.1 Å². The second-order valence-electron chi connectivity index (χ2n) is 5.64. The number of carboxylic acid groups (broad SMARTS) is 1. The fraction of sp³-hybridized carbons (Fsp3) is 0.438. The van der Waals surface area contributed by atoms with Gasteiger partial charge < -0.3 is 10.4 Å². The summed E-state index contributed by atoms with van der Waals surface area (Å²) in [7, 11) is 0. The number of nitrogens with one attached hydrogen (secondary N) is 1. The number of fused-ring (bicyclic) bond motifs is 1. The molecule has 0 spiro atoms. The Morgan fingerprint density at radius 3 is 2.81 bits per heavy atom. The van der Waals surface area contributed by atoms with Crippen molar-refractivity contribution in [1.82, 2.24) is 9.97 Å². The van der Waals surface area contributed by atoms with E-state index in [1.165, 1.54) is 38.4 Å². The van der Waals surface area contributed by atoms with Crippen LogP contribution in [-0.2, 0) is 0 Å². The Hall–Kier alpha value is -2.17. The molecule has 0 aliphatic heterocycles. The molecule has 0 unspecified atom stereocenters. The largest absolute Gasteiger partial charge is 0.478 e. The highest BCUT2D eigenvalue weighted by Gasteiger charge is 2.14. The van der Waals surface area contributed by atoms with Gasteiger partial charge in [-0.1, -0.05) is 19.3 Å². The molecule has 0 atom stereocenters. The van der Waals surface area contributed by atoms with E-state index in [4.69, 9.17) is 5.11 Å². The predicted octanol–water partition coefficient (Wildman–Crippen LogP) is 3.32. The third-order valence-corrected chi connectivity index (χ3v) is 4.17. The first-order chi connectivity index (χ1) is 10.2. The van der Waals surface area contributed by atoms with Crippen molar-refractivity contribution in [3.63, 3.8) is 0 Å². The zero-order chi connectivity index (χ0) is 14.7. The van der Waals surface area contributed by atoms with Crippen LogP contribution >= 0.6 is 0 Å². The first-order valence-corrected chi connectivity index (χ1v) is 7.46. The van der Waals surface area contributed by atoms with Crippen LogP contribution in [0, 0.1) is 5.92 Å². The minimum atomic E-state index is -0.938. The van der Waals surface area contributed by atoms with Gasteiger partial charge in [0.1, 0.15) is 12.1 Å². The molecule has 110 valence electrons. The number of carbonyl (C=O) groups is 1. The van der Waals surface area contributed by atoms with Gasteiger partial charge in [-0.2, -0.15) is 0 Å². The van der Waals surface area contributed by atoms with E-state index >= 15 is 0 Å². The zero-order valence-electron chi connectivity index (χ0n) is 11.9. The maximum atomic E-state index is 11.0. The summed E-state index contributed by atoms with van der Waals surface area (Å²) < 4.78 is 0. The molecule has 2 aromatic rings. The lowest BCUT2D eigenvalue weighted by Crippen LogP contribution is -2.17. The topological polar surface area (TPSA) is 75.1 Å². The summed E-state index contributed by atoms with van der Waals surface area (Å²) >= 11 is 0. The van der Waals surface area contributed by atoms with Crippen molar-refractivity contribution in [3.05, 3.63) is 30.1 Å². The first-order valence-electron chi connectivity index (χ1n) is 7.46. The maximum absolute atomic E-state index is 11.0. The molecule has 2 N–H and O–H groups in total. The van der Waals surface area contributed by atoms with Gasteiger partial charge in [-0.15, -0.1) is 0 Å². The summed E-state index contributed by atoms with van der Waals surface area (Å²) in [6.45, 7) is 0.923. The average Bonchev–Trinajstić information content (AvgIpc) is 2.53. The molecule has 21 heavy (non-hydrogen) atoms. The molecule has 1 aliphatic rings. The number of nitrogens with zero attached hydrogens (tertiary/aromatic N) is 2. The second-order valence-corrected chi connectivity index (χ2v) is 5.64. The zero-order valence-corrected chi connectivity index (χ0v) is 11.9. The van der Waals surface area contributed by atoms with Crippen LogP contribution in [0.3, 0.4) is 0 Å². The van der Waals surface area contributed by atoms with Crippen LogP contribution in [0.25, 0.3) is 10.9 Å². The number of aromatic nitrogens is 2. The van der Waals surface area contributed by atoms with Gasteiger partial charge in [-0.3, -0.25) is 0 Å². The molecule has 5 heteroatoms. The molecule has 1 aromatic carbocycles. The van der Waals surface area contributed by atoms with Gasteiger partial charge in [0.15, 0.2) is 0 Å². The third-order valence-electron chi connectivity index (χ3n) is 4.17. The molecule has 0 saturated heterocycles. The highest BCUT2D eigenvalue weighted by Crippen LogP contribution is 2.25. The summed E-state index contributed by atoms with van der Waals surface area (Å²) in [6, 6.07) is 4.97. The number of aromatic carboxylic acids is 1. The maximum Gasteiger partial charge on any atom is 0.335 e. The Bertz CT molecular complexity index is 651. The molecule has 0 bridgehead atoms. The lowest BCUT2D eigenvalue weighted by molar-refractivity contribution is 0.0697. The van der Waals surface area contributed by atoms with Crippen molar-refractivity contribution in [2.24, 2.45) is 5.92 Å². The average molecular weight is 285 g/mol. The molecule has 1 fully saturated rings. The Labute approximate surface area is 123 Å². The van der Waals surface area contributed by atoms with Crippen molar-refractivity contribution >= 4 is 22.7 Å². The molecule has 3 rings (SSSR count). The fourth-order valence-corrected chi connectivity index (χ4v) is 2.96. The van der Waals surface area contributed by atoms with Crippen LogP contribution in [0.5, 0.6) is 0 Å². The molecular formula is C16H19N3O2. The number of anilines is 1. The number of carboxylic acids is 1. The monoisotopic (exact) mass is 285 g/mol. The molecule has 1 heterocycles. The van der Waals surface area contributed by atoms with Crippen LogP contribution in [0.1, 0.15) is 42.5 Å². The smallest absolute Gasteiger partial charge is 0.335 e. The van der Waals surface area contributed by atoms with Gasteiger partial charge in [0.25, 0.3) is 0 Å². The van der Waals surface area contributed by atoms with E-state index < -0.39 is 5.97 Å². The number of hydrogen-bond acceptors (Lipinski definition) is 4. The van der Waals surface area contributed by atoms with Gasteiger partial charge in [0.2, 0.25) is 0 Å². The summed E-state index contributed by atoms with van der Waals surface area (Å²) in [6.07, 6.45) is 8.03. The number of rotatable bonds is 4. The second kappa shape index (κ2) is 6.08. The third kappa shape index (κ3) is 3.12. The van der Waals surface area contributed by atoms with E-state index in [0.717, 1.165) is 17.7 Å². The minimum Gasteiger partial charge on any atom is -0.478 e. The predicted molar refractivity (Wildman–Crippen MR) is 81.6 cm³/mol. The van der Waals surface area contributed by atoms with E-state index in [1.54, 1.807) is 18.2 Å². The molecular weight excluding hydrogens is 266 g/mol. The molecule has 5 nitrogen and oxygen atoms in total. The van der Waals surface area contributed by atoms with Crippen LogP contribution in [0.2, 0.25) is 0 Å². The fourth-order valence-electron chi connectivity index (χ4n) is 2.96. The van der Waals surface area contributed by atoms with Crippen molar-refractivity contribution in [1.29, 1.82) is 0 Å². The van der Waals surface area contributed by atoms with Gasteiger partial charge in [-0.25, -0.2) is 14.8 Å². The first kappa shape index (κ1) is 13.8. The van der Waals surface area contributed by atoms with Gasteiger partial charge in [0, 0.05) is 11.9 Å². The summed E-state index contributed by atoms with van der Waals surface area (Å²) in [5.41, 5.74) is 0.912. The Morgan fingerprint density at radius 2 is 2.05 bits per heavy atom. The van der Waals surface area contributed by atoms with Gasteiger partial charge in [-0.05, 0) is 37.0 Å². The molecule has 1 saturated carbocycles. The molecule has 0 radical (unpaired) electrons. The summed E-state index contributed by atoms with van der Waals surface area (Å²) in [5.74, 6) is 0.566. The van der Waals surface area contributed by atoms with Crippen molar-refractivity contribution in [2.75, 3.05) is 11.9 Å². The quantitative estimate of drug-likeness (QED) is 0.901. The SMILES string of the molecule is O=C(O)c1ccc2c(NCC3CCCCC3)ncnc2c1. The summed E-state index contributed by atoms with van der Waals surface area (Å²) in [5, 5.41) is 13.3. The molecule has 1 aliphatic carbocycles. The van der Waals surface area contributed by atoms with Crippen LogP contribution in [0.4, 0.5) is 5.82 Å². The van der Waals surface area contributed by atoms with Gasteiger partial charge in [0.05, 0.1) is 11.1 Å². The van der Waals surface area contributed by atoms with Crippen molar-refractivity contribution in [3.8, 4) is 0 Å². The highest BCUT2D eigenvalue weighted by atomic mass is 16.4. The van der Waals surface area contributed by atoms with Crippen LogP contribution in [-0.4, -0.2) is 27.6 Å². The normalized spacial score (nSPS) is 16.0. The van der Waals surface area contributed by atoms with E-state index in [2.05, 4.69) is 15.3 Å². The minimum absolute atomic E-state index is 0.249. The number of hydrogen-bond donors (Lipinski definition) is 2. The molecule has 0 amide bonds. The van der Waals surface area contributed by atoms with E-state index in [9.17, 15) is 4.79 Å². The highest BCUT2D eigenvalue weighted by molar-refractivity contribution is 5.96. The lowest BCUT2D eigenvalue weighted by Gasteiger charge is -2.22. The standard InChI is InChI=1S/C16H19N3O2/c20-16(21)12-6-7-13-14(8-12)18-10-19-15(13)17-9-11-4-2-1-3-5-11/h6-8,10-11H,1-5,9H2,(H,20,21)(H,17,18,19). The Balaban J connectivity index is 1.80. The van der Waals surface area contributed by atoms with E-state index in [-0.39, 0.29) is 5.56 Å². The van der Waals surface area contributed by atoms with Crippen molar-refractivity contribution < 1.29 is 9.90 Å². The molecule has 1 aromatic heterocycles.